The molecule has 0 aliphatic carbocycles. The number of benzene rings is 1. The Bertz CT molecular complexity index is 728. The van der Waals surface area contributed by atoms with Gasteiger partial charge < -0.3 is 10.6 Å². The number of anilines is 2. The van der Waals surface area contributed by atoms with Gasteiger partial charge in [0.2, 0.25) is 5.91 Å². The highest BCUT2D eigenvalue weighted by Gasteiger charge is 2.14. The number of rotatable bonds is 5. The molecule has 8 heteroatoms. The van der Waals surface area contributed by atoms with Crippen molar-refractivity contribution in [2.45, 2.75) is 26.8 Å². The van der Waals surface area contributed by atoms with Gasteiger partial charge in [-0.3, -0.25) is 9.59 Å². The molecular formula is C15H16F2N4O2. The van der Waals surface area contributed by atoms with Crippen LogP contribution in [0.2, 0.25) is 0 Å². The molecular weight excluding hydrogens is 306 g/mol. The van der Waals surface area contributed by atoms with Crippen molar-refractivity contribution in [1.82, 2.24) is 9.78 Å². The number of aromatic nitrogens is 2. The fourth-order valence-corrected chi connectivity index (χ4v) is 1.84. The molecule has 0 aliphatic rings. The van der Waals surface area contributed by atoms with Crippen molar-refractivity contribution < 1.29 is 18.4 Å². The number of halogens is 2. The molecule has 1 aromatic carbocycles. The lowest BCUT2D eigenvalue weighted by molar-refractivity contribution is -0.115. The number of carbonyl (C=O) groups excluding carboxylic acids is 2. The normalized spacial score (nSPS) is 10.7. The van der Waals surface area contributed by atoms with Gasteiger partial charge in [-0.05, 0) is 30.7 Å². The highest BCUT2D eigenvalue weighted by Crippen LogP contribution is 2.21. The number of nitrogens with one attached hydrogen (secondary N) is 2. The molecule has 6 nitrogen and oxygen atoms in total. The Kier molecular flexibility index (Phi) is 5.05. The van der Waals surface area contributed by atoms with E-state index in [1.54, 1.807) is 32.0 Å². The SMILES string of the molecule is CCC(=O)Nc1ccc(C)c(NC(=O)c2ccn(C(F)F)n2)c1. The summed E-state index contributed by atoms with van der Waals surface area (Å²) in [6.45, 7) is 0.704. The van der Waals surface area contributed by atoms with Gasteiger partial charge in [-0.1, -0.05) is 13.0 Å². The summed E-state index contributed by atoms with van der Waals surface area (Å²) >= 11 is 0. The molecule has 122 valence electrons. The van der Waals surface area contributed by atoms with Crippen LogP contribution in [0.4, 0.5) is 20.2 Å². The molecule has 2 N–H and O–H groups in total. The molecule has 0 bridgehead atoms. The van der Waals surface area contributed by atoms with E-state index in [-0.39, 0.29) is 11.6 Å². The number of aryl methyl sites for hydroxylation is 1. The first-order valence-corrected chi connectivity index (χ1v) is 6.96. The van der Waals surface area contributed by atoms with Crippen LogP contribution in [0.3, 0.4) is 0 Å². The van der Waals surface area contributed by atoms with Crippen LogP contribution < -0.4 is 10.6 Å². The summed E-state index contributed by atoms with van der Waals surface area (Å²) in [5, 5.41) is 8.79. The summed E-state index contributed by atoms with van der Waals surface area (Å²) in [5.74, 6) is -0.756. The van der Waals surface area contributed by atoms with Gasteiger partial charge in [-0.15, -0.1) is 0 Å². The maximum atomic E-state index is 12.5. The van der Waals surface area contributed by atoms with Crippen LogP contribution in [0, 0.1) is 6.92 Å². The molecule has 0 atom stereocenters. The zero-order valence-electron chi connectivity index (χ0n) is 12.6. The zero-order valence-corrected chi connectivity index (χ0v) is 12.6. The Hall–Kier alpha value is -2.77. The zero-order chi connectivity index (χ0) is 17.0. The number of carbonyl (C=O) groups is 2. The Morgan fingerprint density at radius 3 is 2.61 bits per heavy atom. The summed E-state index contributed by atoms with van der Waals surface area (Å²) < 4.78 is 25.3. The first kappa shape index (κ1) is 16.6. The van der Waals surface area contributed by atoms with E-state index in [4.69, 9.17) is 0 Å². The fraction of sp³-hybridized carbons (Fsp3) is 0.267. The lowest BCUT2D eigenvalue weighted by atomic mass is 10.1. The van der Waals surface area contributed by atoms with Gasteiger partial charge in [0.15, 0.2) is 5.69 Å². The summed E-state index contributed by atoms with van der Waals surface area (Å²) in [6, 6.07) is 6.26. The maximum absolute atomic E-state index is 12.5. The van der Waals surface area contributed by atoms with E-state index in [0.29, 0.717) is 22.5 Å². The topological polar surface area (TPSA) is 76.0 Å². The van der Waals surface area contributed by atoms with Gasteiger partial charge in [-0.25, -0.2) is 4.68 Å². The van der Waals surface area contributed by atoms with Gasteiger partial charge in [0.1, 0.15) is 0 Å². The highest BCUT2D eigenvalue weighted by molar-refractivity contribution is 6.03. The van der Waals surface area contributed by atoms with E-state index in [9.17, 15) is 18.4 Å². The van der Waals surface area contributed by atoms with Crippen LogP contribution in [0.15, 0.2) is 30.5 Å². The average Bonchev–Trinajstić information content (AvgIpc) is 3.00. The summed E-state index contributed by atoms with van der Waals surface area (Å²) in [5.41, 5.74) is 1.65. The minimum atomic E-state index is -2.80. The predicted octanol–water partition coefficient (Wildman–Crippen LogP) is 3.19. The van der Waals surface area contributed by atoms with Gasteiger partial charge in [0.05, 0.1) is 0 Å². The van der Waals surface area contributed by atoms with E-state index in [1.165, 1.54) is 6.07 Å². The molecule has 2 amide bonds. The van der Waals surface area contributed by atoms with Gasteiger partial charge >= 0.3 is 6.55 Å². The summed E-state index contributed by atoms with van der Waals surface area (Å²) in [6.07, 6.45) is 1.37. The molecule has 0 saturated heterocycles. The molecule has 1 aromatic heterocycles. The van der Waals surface area contributed by atoms with E-state index in [2.05, 4.69) is 15.7 Å². The van der Waals surface area contributed by atoms with Crippen molar-refractivity contribution in [2.24, 2.45) is 0 Å². The Labute approximate surface area is 131 Å². The second-order valence-electron chi connectivity index (χ2n) is 4.84. The molecule has 0 saturated carbocycles. The number of hydrogen-bond acceptors (Lipinski definition) is 3. The van der Waals surface area contributed by atoms with Crippen LogP contribution in [-0.2, 0) is 4.79 Å². The largest absolute Gasteiger partial charge is 0.333 e. The van der Waals surface area contributed by atoms with Gasteiger partial charge in [0, 0.05) is 24.0 Å². The molecule has 0 fully saturated rings. The molecule has 2 aromatic rings. The third-order valence-electron chi connectivity index (χ3n) is 3.13. The molecule has 0 aliphatic heterocycles. The van der Waals surface area contributed by atoms with Crippen LogP contribution >= 0.6 is 0 Å². The maximum Gasteiger partial charge on any atom is 0.333 e. The molecule has 23 heavy (non-hydrogen) atoms. The second kappa shape index (κ2) is 6.99. The van der Waals surface area contributed by atoms with Gasteiger partial charge in [0.25, 0.3) is 5.91 Å². The van der Waals surface area contributed by atoms with E-state index in [0.717, 1.165) is 11.8 Å². The fourth-order valence-electron chi connectivity index (χ4n) is 1.84. The molecule has 0 spiro atoms. The Balaban J connectivity index is 2.16. The minimum absolute atomic E-state index is 0.118. The monoisotopic (exact) mass is 322 g/mol. The number of amides is 2. The lowest BCUT2D eigenvalue weighted by Gasteiger charge is -2.10. The smallest absolute Gasteiger partial charge is 0.326 e. The van der Waals surface area contributed by atoms with Crippen LogP contribution in [-0.4, -0.2) is 21.6 Å². The highest BCUT2D eigenvalue weighted by atomic mass is 19.3. The standard InChI is InChI=1S/C15H16F2N4O2/c1-3-13(22)18-10-5-4-9(2)12(8-10)19-14(23)11-6-7-21(20-11)15(16)17/h4-8,15H,3H2,1-2H3,(H,18,22)(H,19,23). The lowest BCUT2D eigenvalue weighted by Crippen LogP contribution is -2.15. The van der Waals surface area contributed by atoms with Crippen molar-refractivity contribution in [1.29, 1.82) is 0 Å². The molecule has 2 rings (SSSR count). The van der Waals surface area contributed by atoms with Gasteiger partial charge in [-0.2, -0.15) is 13.9 Å². The summed E-state index contributed by atoms with van der Waals surface area (Å²) in [7, 11) is 0. The number of alkyl halides is 2. The van der Waals surface area contributed by atoms with Crippen molar-refractivity contribution in [3.63, 3.8) is 0 Å². The van der Waals surface area contributed by atoms with Crippen molar-refractivity contribution in [3.8, 4) is 0 Å². The third-order valence-corrected chi connectivity index (χ3v) is 3.13. The van der Waals surface area contributed by atoms with Crippen molar-refractivity contribution >= 4 is 23.2 Å². The summed E-state index contributed by atoms with van der Waals surface area (Å²) in [4.78, 5) is 23.5. The van der Waals surface area contributed by atoms with Crippen molar-refractivity contribution in [3.05, 3.63) is 41.7 Å². The van der Waals surface area contributed by atoms with Crippen LogP contribution in [0.1, 0.15) is 35.9 Å². The van der Waals surface area contributed by atoms with Crippen molar-refractivity contribution in [2.75, 3.05) is 10.6 Å². The predicted molar refractivity (Wildman–Crippen MR) is 81.5 cm³/mol. The van der Waals surface area contributed by atoms with E-state index < -0.39 is 12.5 Å². The number of hydrogen-bond donors (Lipinski definition) is 2. The molecule has 0 radical (unpaired) electrons. The quantitative estimate of drug-likeness (QED) is 0.887. The number of nitrogens with zero attached hydrogens (tertiary/aromatic N) is 2. The van der Waals surface area contributed by atoms with Crippen LogP contribution in [0.5, 0.6) is 0 Å². The Morgan fingerprint density at radius 2 is 2.00 bits per heavy atom. The van der Waals surface area contributed by atoms with E-state index >= 15 is 0 Å². The second-order valence-corrected chi connectivity index (χ2v) is 4.84. The average molecular weight is 322 g/mol. The Morgan fingerprint density at radius 1 is 1.26 bits per heavy atom. The van der Waals surface area contributed by atoms with Crippen LogP contribution in [0.25, 0.3) is 0 Å². The molecule has 0 unspecified atom stereocenters. The third kappa shape index (κ3) is 4.12. The molecule has 1 heterocycles. The first-order valence-electron chi connectivity index (χ1n) is 6.96. The minimum Gasteiger partial charge on any atom is -0.326 e. The van der Waals surface area contributed by atoms with E-state index in [1.807, 2.05) is 0 Å². The first-order chi connectivity index (χ1) is 10.9.